The number of aliphatic imine (C=N–C) groups is 1. The van der Waals surface area contributed by atoms with Crippen molar-refractivity contribution in [1.29, 1.82) is 0 Å². The third-order valence-corrected chi connectivity index (χ3v) is 3.06. The number of aliphatic hydroxyl groups is 1. The Hall–Kier alpha value is -2.96. The van der Waals surface area contributed by atoms with E-state index in [1.165, 1.54) is 17.5 Å². The molecule has 0 aliphatic carbocycles. The highest BCUT2D eigenvalue weighted by molar-refractivity contribution is 6.10. The van der Waals surface area contributed by atoms with Crippen molar-refractivity contribution in [3.8, 4) is 0 Å². The number of allylic oxidation sites excluding steroid dienone is 1. The van der Waals surface area contributed by atoms with Crippen molar-refractivity contribution >= 4 is 23.5 Å². The third kappa shape index (κ3) is 3.63. The fourth-order valence-corrected chi connectivity index (χ4v) is 1.89. The number of hydrogen-bond donors (Lipinski definition) is 1. The minimum atomic E-state index is -0.708. The summed E-state index contributed by atoms with van der Waals surface area (Å²) in [6, 6.07) is 3.56. The van der Waals surface area contributed by atoms with Crippen LogP contribution in [-0.4, -0.2) is 33.3 Å². The fourth-order valence-electron chi connectivity index (χ4n) is 1.89. The molecule has 0 saturated heterocycles. The molecule has 2 aromatic heterocycles. The molecule has 7 nitrogen and oxygen atoms in total. The summed E-state index contributed by atoms with van der Waals surface area (Å²) in [5, 5.41) is 9.55. The van der Waals surface area contributed by atoms with Crippen molar-refractivity contribution in [2.75, 3.05) is 6.61 Å². The van der Waals surface area contributed by atoms with E-state index in [1.54, 1.807) is 25.3 Å². The van der Waals surface area contributed by atoms with Crippen molar-refractivity contribution < 1.29 is 14.6 Å². The summed E-state index contributed by atoms with van der Waals surface area (Å²) in [5.41, 5.74) is 1.06. The summed E-state index contributed by atoms with van der Waals surface area (Å²) in [7, 11) is 0. The molecule has 0 atom stereocenters. The van der Waals surface area contributed by atoms with Crippen LogP contribution in [0, 0.1) is 6.92 Å². The average Bonchev–Trinajstić information content (AvgIpc) is 2.49. The molecule has 2 rings (SSSR count). The first-order chi connectivity index (χ1) is 10.9. The molecule has 0 aromatic carbocycles. The van der Waals surface area contributed by atoms with Gasteiger partial charge in [-0.3, -0.25) is 9.20 Å². The smallest absolute Gasteiger partial charge is 0.343 e. The maximum Gasteiger partial charge on any atom is 0.343 e. The van der Waals surface area contributed by atoms with Crippen LogP contribution in [-0.2, 0) is 9.53 Å². The number of fused-ring (bicyclic) bond motifs is 1. The van der Waals surface area contributed by atoms with E-state index in [4.69, 9.17) is 4.74 Å². The molecule has 0 bridgehead atoms. The number of pyridine rings is 1. The second kappa shape index (κ2) is 6.87. The van der Waals surface area contributed by atoms with Crippen LogP contribution in [0.4, 0.5) is 5.69 Å². The molecular weight excluding hydrogens is 298 g/mol. The van der Waals surface area contributed by atoms with Gasteiger partial charge in [0.25, 0.3) is 5.56 Å². The highest BCUT2D eigenvalue weighted by Crippen LogP contribution is 2.09. The number of esters is 1. The number of carbonyl (C=O) groups excluding carboxylic acids is 1. The number of rotatable bonds is 4. The van der Waals surface area contributed by atoms with E-state index >= 15 is 0 Å². The molecule has 120 valence electrons. The molecule has 0 fully saturated rings. The molecule has 0 spiro atoms. The normalized spacial score (nSPS) is 12.5. The maximum absolute atomic E-state index is 12.3. The topological polar surface area (TPSA) is 93.3 Å². The lowest BCUT2D eigenvalue weighted by Gasteiger charge is -2.04. The highest BCUT2D eigenvalue weighted by atomic mass is 16.5. The van der Waals surface area contributed by atoms with Gasteiger partial charge in [0.05, 0.1) is 12.8 Å². The van der Waals surface area contributed by atoms with Crippen molar-refractivity contribution in [3.63, 3.8) is 0 Å². The van der Waals surface area contributed by atoms with Crippen molar-refractivity contribution in [2.45, 2.75) is 20.8 Å². The zero-order chi connectivity index (χ0) is 17.0. The van der Waals surface area contributed by atoms with Crippen molar-refractivity contribution in [1.82, 2.24) is 9.38 Å². The van der Waals surface area contributed by atoms with Gasteiger partial charge in [-0.25, -0.2) is 14.8 Å². The van der Waals surface area contributed by atoms with Gasteiger partial charge in [-0.15, -0.1) is 0 Å². The molecule has 0 amide bonds. The fraction of sp³-hybridized carbons (Fsp3) is 0.250. The zero-order valence-electron chi connectivity index (χ0n) is 13.1. The van der Waals surface area contributed by atoms with Gasteiger partial charge in [0.2, 0.25) is 0 Å². The summed E-state index contributed by atoms with van der Waals surface area (Å²) >= 11 is 0. The van der Waals surface area contributed by atoms with E-state index in [-0.39, 0.29) is 29.2 Å². The maximum atomic E-state index is 12.3. The van der Waals surface area contributed by atoms with Crippen LogP contribution in [0.5, 0.6) is 0 Å². The SMILES string of the molecule is CCOC(=O)/C(C=Nc1cnc2cc(C)ccn2c1=O)=C(/C)O. The number of nitrogens with zero attached hydrogens (tertiary/aromatic N) is 3. The molecular formula is C16H17N3O4. The Morgan fingerprint density at radius 3 is 2.91 bits per heavy atom. The van der Waals surface area contributed by atoms with Gasteiger partial charge < -0.3 is 9.84 Å². The molecule has 1 N–H and O–H groups in total. The van der Waals surface area contributed by atoms with E-state index in [0.717, 1.165) is 11.8 Å². The van der Waals surface area contributed by atoms with E-state index < -0.39 is 5.97 Å². The van der Waals surface area contributed by atoms with Crippen LogP contribution < -0.4 is 5.56 Å². The van der Waals surface area contributed by atoms with Crippen LogP contribution >= 0.6 is 0 Å². The predicted molar refractivity (Wildman–Crippen MR) is 86.3 cm³/mol. The molecule has 23 heavy (non-hydrogen) atoms. The number of ether oxygens (including phenoxy) is 1. The first kappa shape index (κ1) is 16.4. The summed E-state index contributed by atoms with van der Waals surface area (Å²) < 4.78 is 6.18. The molecule has 0 unspecified atom stereocenters. The Morgan fingerprint density at radius 2 is 2.26 bits per heavy atom. The summed E-state index contributed by atoms with van der Waals surface area (Å²) in [6.45, 7) is 5.06. The van der Waals surface area contributed by atoms with Gasteiger partial charge >= 0.3 is 5.97 Å². The lowest BCUT2D eigenvalue weighted by molar-refractivity contribution is -0.138. The van der Waals surface area contributed by atoms with Crippen LogP contribution in [0.3, 0.4) is 0 Å². The second-order valence-electron chi connectivity index (χ2n) is 4.86. The highest BCUT2D eigenvalue weighted by Gasteiger charge is 2.12. The second-order valence-corrected chi connectivity index (χ2v) is 4.86. The Morgan fingerprint density at radius 1 is 1.52 bits per heavy atom. The number of carbonyl (C=O) groups is 1. The zero-order valence-corrected chi connectivity index (χ0v) is 13.1. The quantitative estimate of drug-likeness (QED) is 0.403. The molecule has 0 saturated carbocycles. The predicted octanol–water partition coefficient (Wildman–Crippen LogP) is 2.10. The summed E-state index contributed by atoms with van der Waals surface area (Å²) in [6.07, 6.45) is 4.04. The van der Waals surface area contributed by atoms with Gasteiger partial charge in [-0.05, 0) is 38.5 Å². The van der Waals surface area contributed by atoms with Gasteiger partial charge in [0, 0.05) is 12.4 Å². The van der Waals surface area contributed by atoms with Crippen molar-refractivity contribution in [2.24, 2.45) is 4.99 Å². The standard InChI is InChI=1S/C16H17N3O4/c1-4-23-16(22)12(11(3)20)8-17-13-9-18-14-7-10(2)5-6-19(14)15(13)21/h5-9,20H,4H2,1-3H3/b12-11-,17-8?. The number of aryl methyl sites for hydroxylation is 1. The van der Waals surface area contributed by atoms with E-state index in [9.17, 15) is 14.7 Å². The van der Waals surface area contributed by atoms with E-state index in [0.29, 0.717) is 5.65 Å². The largest absolute Gasteiger partial charge is 0.512 e. The number of aliphatic hydroxyl groups excluding tert-OH is 1. The molecule has 0 radical (unpaired) electrons. The minimum Gasteiger partial charge on any atom is -0.512 e. The molecule has 2 heterocycles. The van der Waals surface area contributed by atoms with Gasteiger partial charge in [0.15, 0.2) is 0 Å². The van der Waals surface area contributed by atoms with Gasteiger partial charge in [-0.1, -0.05) is 0 Å². The van der Waals surface area contributed by atoms with Crippen LogP contribution in [0.1, 0.15) is 19.4 Å². The monoisotopic (exact) mass is 315 g/mol. The summed E-state index contributed by atoms with van der Waals surface area (Å²) in [4.78, 5) is 32.2. The molecule has 0 aliphatic rings. The Balaban J connectivity index is 2.43. The third-order valence-electron chi connectivity index (χ3n) is 3.06. The minimum absolute atomic E-state index is 0.0504. The first-order valence-corrected chi connectivity index (χ1v) is 7.03. The Kier molecular flexibility index (Phi) is 4.90. The lowest BCUT2D eigenvalue weighted by atomic mass is 10.2. The first-order valence-electron chi connectivity index (χ1n) is 7.03. The van der Waals surface area contributed by atoms with Crippen molar-refractivity contribution in [3.05, 3.63) is 51.8 Å². The van der Waals surface area contributed by atoms with Crippen LogP contribution in [0.2, 0.25) is 0 Å². The number of aromatic nitrogens is 2. The van der Waals surface area contributed by atoms with Crippen LogP contribution in [0.25, 0.3) is 5.65 Å². The average molecular weight is 315 g/mol. The lowest BCUT2D eigenvalue weighted by Crippen LogP contribution is -2.15. The molecule has 2 aromatic rings. The van der Waals surface area contributed by atoms with E-state index in [2.05, 4.69) is 9.98 Å². The number of hydrogen-bond acceptors (Lipinski definition) is 6. The Bertz CT molecular complexity index is 861. The molecule has 7 heteroatoms. The molecule has 0 aliphatic heterocycles. The van der Waals surface area contributed by atoms with Gasteiger partial charge in [-0.2, -0.15) is 0 Å². The van der Waals surface area contributed by atoms with Gasteiger partial charge in [0.1, 0.15) is 22.7 Å². The van der Waals surface area contributed by atoms with E-state index in [1.807, 2.05) is 6.92 Å². The summed E-state index contributed by atoms with van der Waals surface area (Å²) in [5.74, 6) is -0.947. The van der Waals surface area contributed by atoms with Crippen LogP contribution in [0.15, 0.2) is 45.6 Å². The Labute approximate surface area is 132 Å².